The van der Waals surface area contributed by atoms with E-state index in [0.29, 0.717) is 10.9 Å². The number of carbonyl (C=O) groups is 3. The monoisotopic (exact) mass is 341 g/mol. The summed E-state index contributed by atoms with van der Waals surface area (Å²) in [5.41, 5.74) is 0.275. The van der Waals surface area contributed by atoms with E-state index in [2.05, 4.69) is 15.9 Å². The van der Waals surface area contributed by atoms with E-state index in [0.717, 1.165) is 11.0 Å². The molecule has 1 amide bonds. The maximum absolute atomic E-state index is 13.3. The van der Waals surface area contributed by atoms with Crippen LogP contribution in [0.5, 0.6) is 0 Å². The third-order valence-electron chi connectivity index (χ3n) is 3.46. The molecule has 0 radical (unpaired) electrons. The standard InChI is InChI=1S/C14H13BrFNO3/c1-3-7(2)11(18)6-17-12-9(13(19)14(17)20)4-8(16)5-10(12)15/h4-5,7H,3,6H2,1-2H3. The molecule has 1 unspecified atom stereocenters. The summed E-state index contributed by atoms with van der Waals surface area (Å²) in [7, 11) is 0. The van der Waals surface area contributed by atoms with Gasteiger partial charge in [-0.1, -0.05) is 13.8 Å². The Labute approximate surface area is 124 Å². The lowest BCUT2D eigenvalue weighted by molar-refractivity contribution is -0.123. The van der Waals surface area contributed by atoms with Crippen molar-refractivity contribution >= 4 is 39.1 Å². The Morgan fingerprint density at radius 3 is 2.65 bits per heavy atom. The lowest BCUT2D eigenvalue weighted by atomic mass is 10.0. The second-order valence-electron chi connectivity index (χ2n) is 4.78. The van der Waals surface area contributed by atoms with Crippen LogP contribution in [-0.2, 0) is 9.59 Å². The number of hydrogen-bond acceptors (Lipinski definition) is 3. The fourth-order valence-corrected chi connectivity index (χ4v) is 2.69. The smallest absolute Gasteiger partial charge is 0.297 e. The van der Waals surface area contributed by atoms with E-state index < -0.39 is 17.5 Å². The molecule has 1 heterocycles. The van der Waals surface area contributed by atoms with Crippen molar-refractivity contribution in [1.29, 1.82) is 0 Å². The topological polar surface area (TPSA) is 54.5 Å². The minimum Gasteiger partial charge on any atom is -0.297 e. The molecule has 1 aromatic rings. The van der Waals surface area contributed by atoms with Gasteiger partial charge >= 0.3 is 0 Å². The summed E-state index contributed by atoms with van der Waals surface area (Å²) >= 11 is 3.14. The highest BCUT2D eigenvalue weighted by Gasteiger charge is 2.39. The molecular formula is C14H13BrFNO3. The number of halogens is 2. The first kappa shape index (κ1) is 14.8. The fourth-order valence-electron chi connectivity index (χ4n) is 2.04. The molecule has 0 saturated heterocycles. The van der Waals surface area contributed by atoms with Crippen molar-refractivity contribution in [2.75, 3.05) is 11.4 Å². The van der Waals surface area contributed by atoms with Crippen molar-refractivity contribution in [2.24, 2.45) is 5.92 Å². The van der Waals surface area contributed by atoms with Crippen LogP contribution in [0.2, 0.25) is 0 Å². The van der Waals surface area contributed by atoms with Crippen LogP contribution in [0.15, 0.2) is 16.6 Å². The van der Waals surface area contributed by atoms with Crippen LogP contribution in [0.4, 0.5) is 10.1 Å². The van der Waals surface area contributed by atoms with Crippen molar-refractivity contribution in [3.05, 3.63) is 28.0 Å². The van der Waals surface area contributed by atoms with Gasteiger partial charge in [-0.3, -0.25) is 19.3 Å². The van der Waals surface area contributed by atoms with Gasteiger partial charge in [0.25, 0.3) is 11.7 Å². The summed E-state index contributed by atoms with van der Waals surface area (Å²) in [6, 6.07) is 2.19. The summed E-state index contributed by atoms with van der Waals surface area (Å²) in [4.78, 5) is 36.9. The van der Waals surface area contributed by atoms with Crippen LogP contribution in [0, 0.1) is 11.7 Å². The molecule has 6 heteroatoms. The second kappa shape index (κ2) is 5.44. The molecule has 1 aliphatic rings. The van der Waals surface area contributed by atoms with Crippen molar-refractivity contribution in [3.8, 4) is 0 Å². The Hall–Kier alpha value is -1.56. The SMILES string of the molecule is CCC(C)C(=O)CN1C(=O)C(=O)c2cc(F)cc(Br)c21. The molecule has 0 aromatic heterocycles. The lowest BCUT2D eigenvalue weighted by Crippen LogP contribution is -2.36. The molecule has 0 saturated carbocycles. The number of amides is 1. The van der Waals surface area contributed by atoms with Gasteiger partial charge < -0.3 is 0 Å². The largest absolute Gasteiger partial charge is 0.299 e. The van der Waals surface area contributed by atoms with Crippen molar-refractivity contribution < 1.29 is 18.8 Å². The van der Waals surface area contributed by atoms with Gasteiger partial charge in [-0.2, -0.15) is 0 Å². The maximum atomic E-state index is 13.3. The molecule has 1 aromatic carbocycles. The lowest BCUT2D eigenvalue weighted by Gasteiger charge is -2.18. The molecule has 1 atom stereocenters. The Morgan fingerprint density at radius 2 is 2.05 bits per heavy atom. The van der Waals surface area contributed by atoms with Crippen molar-refractivity contribution in [3.63, 3.8) is 0 Å². The summed E-state index contributed by atoms with van der Waals surface area (Å²) in [5.74, 6) is -2.49. The van der Waals surface area contributed by atoms with Crippen LogP contribution < -0.4 is 4.90 Å². The molecular weight excluding hydrogens is 329 g/mol. The molecule has 0 bridgehead atoms. The first-order valence-electron chi connectivity index (χ1n) is 6.24. The highest BCUT2D eigenvalue weighted by molar-refractivity contribution is 9.10. The summed E-state index contributed by atoms with van der Waals surface area (Å²) in [6.07, 6.45) is 0.659. The third kappa shape index (κ3) is 2.40. The first-order chi connectivity index (χ1) is 9.36. The van der Waals surface area contributed by atoms with Crippen LogP contribution in [0.25, 0.3) is 0 Å². The Kier molecular flexibility index (Phi) is 4.04. The van der Waals surface area contributed by atoms with Gasteiger partial charge in [0.15, 0.2) is 5.78 Å². The van der Waals surface area contributed by atoms with E-state index in [1.807, 2.05) is 6.92 Å². The van der Waals surface area contributed by atoms with E-state index >= 15 is 0 Å². The van der Waals surface area contributed by atoms with Crippen molar-refractivity contribution in [2.45, 2.75) is 20.3 Å². The van der Waals surface area contributed by atoms with E-state index in [4.69, 9.17) is 0 Å². The fraction of sp³-hybridized carbons (Fsp3) is 0.357. The van der Waals surface area contributed by atoms with E-state index in [-0.39, 0.29) is 29.5 Å². The predicted octanol–water partition coefficient (Wildman–Crippen LogP) is 2.73. The number of fused-ring (bicyclic) bond motifs is 1. The Balaban J connectivity index is 2.41. The molecule has 0 fully saturated rings. The number of carbonyl (C=O) groups excluding carboxylic acids is 3. The van der Waals surface area contributed by atoms with Crippen LogP contribution in [0.1, 0.15) is 30.6 Å². The van der Waals surface area contributed by atoms with Gasteiger partial charge in [-0.05, 0) is 34.5 Å². The van der Waals surface area contributed by atoms with Gasteiger partial charge in [-0.25, -0.2) is 4.39 Å². The first-order valence-corrected chi connectivity index (χ1v) is 7.04. The average molecular weight is 342 g/mol. The van der Waals surface area contributed by atoms with Crippen LogP contribution in [0.3, 0.4) is 0 Å². The van der Waals surface area contributed by atoms with Crippen LogP contribution >= 0.6 is 15.9 Å². The molecule has 106 valence electrons. The number of benzene rings is 1. The van der Waals surface area contributed by atoms with Gasteiger partial charge in [0.1, 0.15) is 5.82 Å². The zero-order chi connectivity index (χ0) is 15.0. The molecule has 0 aliphatic carbocycles. The second-order valence-corrected chi connectivity index (χ2v) is 5.63. The highest BCUT2D eigenvalue weighted by atomic mass is 79.9. The predicted molar refractivity (Wildman–Crippen MR) is 75.2 cm³/mol. The van der Waals surface area contributed by atoms with Gasteiger partial charge in [-0.15, -0.1) is 0 Å². The zero-order valence-corrected chi connectivity index (χ0v) is 12.7. The highest BCUT2D eigenvalue weighted by Crippen LogP contribution is 2.36. The number of hydrogen-bond donors (Lipinski definition) is 0. The van der Waals surface area contributed by atoms with Gasteiger partial charge in [0.2, 0.25) is 0 Å². The quantitative estimate of drug-likeness (QED) is 0.791. The maximum Gasteiger partial charge on any atom is 0.299 e. The molecule has 20 heavy (non-hydrogen) atoms. The van der Waals surface area contributed by atoms with E-state index in [1.54, 1.807) is 6.92 Å². The van der Waals surface area contributed by atoms with E-state index in [9.17, 15) is 18.8 Å². The number of Topliss-reactive ketones (excluding diaryl/α,β-unsaturated/α-hetero) is 2. The third-order valence-corrected chi connectivity index (χ3v) is 4.06. The minimum absolute atomic E-state index is 0.00109. The summed E-state index contributed by atoms with van der Waals surface area (Å²) < 4.78 is 13.6. The molecule has 2 rings (SSSR count). The normalized spacial score (nSPS) is 15.5. The zero-order valence-electron chi connectivity index (χ0n) is 11.1. The molecule has 0 N–H and O–H groups in total. The number of ketones is 2. The summed E-state index contributed by atoms with van der Waals surface area (Å²) in [5, 5.41) is 0. The number of anilines is 1. The van der Waals surface area contributed by atoms with Crippen LogP contribution in [-0.4, -0.2) is 24.0 Å². The molecule has 0 spiro atoms. The average Bonchev–Trinajstić information content (AvgIpc) is 2.63. The van der Waals surface area contributed by atoms with Gasteiger partial charge in [0, 0.05) is 10.4 Å². The Morgan fingerprint density at radius 1 is 1.40 bits per heavy atom. The van der Waals surface area contributed by atoms with E-state index in [1.165, 1.54) is 6.07 Å². The van der Waals surface area contributed by atoms with Crippen molar-refractivity contribution in [1.82, 2.24) is 0 Å². The Bertz CT molecular complexity index is 615. The molecule has 1 aliphatic heterocycles. The number of rotatable bonds is 4. The molecule has 4 nitrogen and oxygen atoms in total. The number of nitrogens with zero attached hydrogens (tertiary/aromatic N) is 1. The minimum atomic E-state index is -0.789. The van der Waals surface area contributed by atoms with Gasteiger partial charge in [0.05, 0.1) is 17.8 Å². The summed E-state index contributed by atoms with van der Waals surface area (Å²) in [6.45, 7) is 3.47.